The largest absolute Gasteiger partial charge is 0.461 e. The Bertz CT molecular complexity index is 963. The van der Waals surface area contributed by atoms with Crippen molar-refractivity contribution in [3.63, 3.8) is 0 Å². The Morgan fingerprint density at radius 2 is 2.03 bits per heavy atom. The molecule has 6 nitrogen and oxygen atoms in total. The lowest BCUT2D eigenvalue weighted by molar-refractivity contribution is -0.212. The summed E-state index contributed by atoms with van der Waals surface area (Å²) >= 11 is 0. The van der Waals surface area contributed by atoms with Crippen LogP contribution in [0.25, 0.3) is 0 Å². The summed E-state index contributed by atoms with van der Waals surface area (Å²) in [5, 5.41) is 11.3. The molecule has 5 aliphatic heterocycles. The maximum absolute atomic E-state index is 12.3. The number of benzene rings is 1. The van der Waals surface area contributed by atoms with Gasteiger partial charge in [-0.05, 0) is 55.9 Å². The Morgan fingerprint density at radius 3 is 2.70 bits per heavy atom. The highest BCUT2D eigenvalue weighted by Gasteiger charge is 2.77. The van der Waals surface area contributed by atoms with Gasteiger partial charge >= 0.3 is 5.97 Å². The number of hydrogen-bond donors (Lipinski definition) is 1. The van der Waals surface area contributed by atoms with Gasteiger partial charge in [-0.2, -0.15) is 0 Å². The Labute approximate surface area is 177 Å². The van der Waals surface area contributed by atoms with Gasteiger partial charge in [0.25, 0.3) is 0 Å². The maximum Gasteiger partial charge on any atom is 0.302 e. The van der Waals surface area contributed by atoms with Gasteiger partial charge in [-0.25, -0.2) is 0 Å². The molecule has 5 fully saturated rings. The number of likely N-dealkylation sites (N-methyl/N-ethyl adjacent to an activating group) is 1. The topological polar surface area (TPSA) is 70.1 Å². The van der Waals surface area contributed by atoms with Gasteiger partial charge in [0, 0.05) is 49.1 Å². The van der Waals surface area contributed by atoms with E-state index < -0.39 is 6.23 Å². The standard InChI is InChI=1S/C24H30N2O4/c1-5-14-15-9-18-21-24(16-8-13(11(2)27)6-7-17(16)25(21)4)10-19(26(18)23(14)29)20(15)22(24)30-12(3)28/h6-8,14-15,18-23,29H,5,9-10H2,1-4H3/t14-,15-,18-,19-,20+,21-,22+,23+,24+/m0/s1. The third-order valence-corrected chi connectivity index (χ3v) is 9.22. The van der Waals surface area contributed by atoms with E-state index in [-0.39, 0.29) is 53.2 Å². The zero-order valence-electron chi connectivity index (χ0n) is 18.0. The average Bonchev–Trinajstić information content (AvgIpc) is 3.09. The van der Waals surface area contributed by atoms with E-state index in [2.05, 4.69) is 35.9 Å². The summed E-state index contributed by atoms with van der Waals surface area (Å²) in [6.07, 6.45) is 2.22. The minimum atomic E-state index is -0.418. The highest BCUT2D eigenvalue weighted by atomic mass is 16.5. The first kappa shape index (κ1) is 18.8. The number of esters is 1. The normalized spacial score (nSPS) is 46.7. The monoisotopic (exact) mass is 410 g/mol. The second-order valence-electron chi connectivity index (χ2n) is 10.2. The molecule has 1 saturated carbocycles. The number of ether oxygens (including phenoxy) is 1. The molecule has 1 aromatic rings. The van der Waals surface area contributed by atoms with E-state index in [0.717, 1.165) is 36.1 Å². The molecule has 6 heteroatoms. The molecule has 0 aromatic heterocycles. The summed E-state index contributed by atoms with van der Waals surface area (Å²) in [6.45, 7) is 5.27. The first-order valence-corrected chi connectivity index (χ1v) is 11.3. The van der Waals surface area contributed by atoms with Gasteiger partial charge in [-0.15, -0.1) is 0 Å². The molecule has 6 aliphatic rings. The molecule has 0 amide bonds. The fraction of sp³-hybridized carbons (Fsp3) is 0.667. The summed E-state index contributed by atoms with van der Waals surface area (Å²) in [6, 6.07) is 6.63. The highest BCUT2D eigenvalue weighted by molar-refractivity contribution is 5.95. The second kappa shape index (κ2) is 5.86. The first-order chi connectivity index (χ1) is 14.3. The number of piperidine rings is 4. The summed E-state index contributed by atoms with van der Waals surface area (Å²) in [4.78, 5) is 29.2. The molecule has 1 aliphatic carbocycles. The number of ketones is 1. The van der Waals surface area contributed by atoms with E-state index in [4.69, 9.17) is 4.74 Å². The minimum Gasteiger partial charge on any atom is -0.461 e. The Morgan fingerprint density at radius 1 is 1.27 bits per heavy atom. The number of anilines is 1. The van der Waals surface area contributed by atoms with Crippen molar-refractivity contribution in [2.45, 2.75) is 75.9 Å². The second-order valence-corrected chi connectivity index (χ2v) is 10.2. The maximum atomic E-state index is 12.3. The molecule has 5 bridgehead atoms. The lowest BCUT2D eigenvalue weighted by Crippen LogP contribution is -2.72. The molecule has 1 N–H and O–H groups in total. The van der Waals surface area contributed by atoms with Crippen LogP contribution in [-0.4, -0.2) is 59.3 Å². The summed E-state index contributed by atoms with van der Waals surface area (Å²) in [5.74, 6) is 0.657. The molecule has 5 heterocycles. The van der Waals surface area contributed by atoms with Crippen LogP contribution in [0.4, 0.5) is 5.69 Å². The van der Waals surface area contributed by atoms with Crippen LogP contribution >= 0.6 is 0 Å². The van der Waals surface area contributed by atoms with E-state index in [1.54, 1.807) is 6.92 Å². The third kappa shape index (κ3) is 1.93. The van der Waals surface area contributed by atoms with Crippen LogP contribution in [0.1, 0.15) is 56.0 Å². The number of nitrogens with zero attached hydrogens (tertiary/aromatic N) is 2. The van der Waals surface area contributed by atoms with Gasteiger partial charge in [0.2, 0.25) is 0 Å². The predicted octanol–water partition coefficient (Wildman–Crippen LogP) is 2.33. The van der Waals surface area contributed by atoms with Crippen LogP contribution in [0.2, 0.25) is 0 Å². The third-order valence-electron chi connectivity index (χ3n) is 9.22. The Balaban J connectivity index is 1.59. The van der Waals surface area contributed by atoms with Gasteiger partial charge in [0.05, 0.1) is 11.5 Å². The van der Waals surface area contributed by atoms with Gasteiger partial charge in [-0.3, -0.25) is 14.5 Å². The molecule has 7 rings (SSSR count). The van der Waals surface area contributed by atoms with E-state index in [1.165, 1.54) is 6.92 Å². The van der Waals surface area contributed by atoms with E-state index in [1.807, 2.05) is 6.07 Å². The fourth-order valence-corrected chi connectivity index (χ4v) is 8.47. The Kier molecular flexibility index (Phi) is 3.67. The summed E-state index contributed by atoms with van der Waals surface area (Å²) < 4.78 is 6.19. The molecule has 10 atom stereocenters. The SMILES string of the molecule is CC[C@H]1[C@@H]2C[C@H]3[C@@H]4N(C)c5ccc(C(C)=O)cc5[C@]45C[C@@H]([C@@H]2[C@H]5OC(C)=O)N3[C@@H]1O. The van der Waals surface area contributed by atoms with Crippen molar-refractivity contribution >= 4 is 17.4 Å². The smallest absolute Gasteiger partial charge is 0.302 e. The first-order valence-electron chi connectivity index (χ1n) is 11.3. The number of fused-ring (bicyclic) bond motifs is 2. The van der Waals surface area contributed by atoms with Crippen molar-refractivity contribution in [3.05, 3.63) is 29.3 Å². The van der Waals surface area contributed by atoms with Crippen molar-refractivity contribution in [2.24, 2.45) is 17.8 Å². The van der Waals surface area contributed by atoms with E-state index in [0.29, 0.717) is 5.92 Å². The molecule has 160 valence electrons. The molecular weight excluding hydrogens is 380 g/mol. The van der Waals surface area contributed by atoms with Crippen molar-refractivity contribution < 1.29 is 19.4 Å². The fourth-order valence-electron chi connectivity index (χ4n) is 8.47. The number of rotatable bonds is 3. The lowest BCUT2D eigenvalue weighted by Gasteiger charge is -2.62. The number of aliphatic hydroxyl groups excluding tert-OH is 1. The molecule has 0 radical (unpaired) electrons. The number of carbonyl (C=O) groups excluding carboxylic acids is 2. The molecule has 30 heavy (non-hydrogen) atoms. The van der Waals surface area contributed by atoms with Gasteiger partial charge < -0.3 is 14.7 Å². The average molecular weight is 411 g/mol. The van der Waals surface area contributed by atoms with Crippen molar-refractivity contribution in [3.8, 4) is 0 Å². The van der Waals surface area contributed by atoms with Crippen LogP contribution < -0.4 is 4.90 Å². The summed E-state index contributed by atoms with van der Waals surface area (Å²) in [7, 11) is 2.13. The van der Waals surface area contributed by atoms with E-state index in [9.17, 15) is 14.7 Å². The molecular formula is C24H30N2O4. The van der Waals surface area contributed by atoms with Gasteiger partial charge in [0.1, 0.15) is 12.3 Å². The van der Waals surface area contributed by atoms with Crippen molar-refractivity contribution in [1.29, 1.82) is 0 Å². The minimum absolute atomic E-state index is 0.0583. The van der Waals surface area contributed by atoms with Crippen LogP contribution in [-0.2, 0) is 14.9 Å². The molecule has 4 saturated heterocycles. The number of aliphatic hydroxyl groups is 1. The number of hydrogen-bond acceptors (Lipinski definition) is 6. The molecule has 1 unspecified atom stereocenters. The lowest BCUT2D eigenvalue weighted by atomic mass is 9.62. The van der Waals surface area contributed by atoms with Crippen LogP contribution in [0.5, 0.6) is 0 Å². The van der Waals surface area contributed by atoms with Crippen LogP contribution in [0, 0.1) is 17.8 Å². The van der Waals surface area contributed by atoms with Crippen molar-refractivity contribution in [2.75, 3.05) is 11.9 Å². The zero-order chi connectivity index (χ0) is 21.1. The number of Topliss-reactive ketones (excluding diaryl/α,β-unsaturated/α-hetero) is 1. The number of carbonyl (C=O) groups is 2. The summed E-state index contributed by atoms with van der Waals surface area (Å²) in [5.41, 5.74) is 2.70. The highest BCUT2D eigenvalue weighted by Crippen LogP contribution is 2.69. The Hall–Kier alpha value is -1.92. The van der Waals surface area contributed by atoms with Gasteiger partial charge in [-0.1, -0.05) is 6.92 Å². The van der Waals surface area contributed by atoms with Gasteiger partial charge in [0.15, 0.2) is 5.78 Å². The van der Waals surface area contributed by atoms with Crippen LogP contribution in [0.15, 0.2) is 18.2 Å². The van der Waals surface area contributed by atoms with E-state index >= 15 is 0 Å². The van der Waals surface area contributed by atoms with Crippen molar-refractivity contribution in [1.82, 2.24) is 4.90 Å². The quantitative estimate of drug-likeness (QED) is 0.609. The molecule has 1 aromatic carbocycles. The predicted molar refractivity (Wildman–Crippen MR) is 111 cm³/mol. The van der Waals surface area contributed by atoms with Crippen LogP contribution in [0.3, 0.4) is 0 Å². The molecule has 1 spiro atoms. The zero-order valence-corrected chi connectivity index (χ0v) is 18.0.